The highest BCUT2D eigenvalue weighted by atomic mass is 19.1. The molecule has 0 aromatic carbocycles. The SMILES string of the molecule is [2H]C([2H])([2H])O[C@H]1[C@@H](C(=O)O)NC[C@@H]1F. The molecule has 0 saturated carbocycles. The lowest BCUT2D eigenvalue weighted by Gasteiger charge is -2.14. The molecular formula is C6H10FNO3. The smallest absolute Gasteiger partial charge is 0.323 e. The maximum absolute atomic E-state index is 13.0. The van der Waals surface area contributed by atoms with E-state index in [0.29, 0.717) is 0 Å². The van der Waals surface area contributed by atoms with Crippen molar-refractivity contribution in [2.24, 2.45) is 0 Å². The zero-order chi connectivity index (χ0) is 10.9. The molecule has 1 aliphatic heterocycles. The lowest BCUT2D eigenvalue weighted by Crippen LogP contribution is -2.40. The molecule has 0 bridgehead atoms. The molecule has 0 spiro atoms. The first-order valence-electron chi connectivity index (χ1n) is 4.59. The fraction of sp³-hybridized carbons (Fsp3) is 0.833. The molecule has 0 radical (unpaired) electrons. The van der Waals surface area contributed by atoms with Crippen LogP contribution in [0.3, 0.4) is 0 Å². The van der Waals surface area contributed by atoms with Crippen LogP contribution in [0.4, 0.5) is 4.39 Å². The first-order chi connectivity index (χ1) is 6.31. The van der Waals surface area contributed by atoms with Crippen molar-refractivity contribution < 1.29 is 23.1 Å². The Balaban J connectivity index is 2.67. The Labute approximate surface area is 67.6 Å². The van der Waals surface area contributed by atoms with E-state index >= 15 is 0 Å². The van der Waals surface area contributed by atoms with E-state index in [1.165, 1.54) is 0 Å². The summed E-state index contributed by atoms with van der Waals surface area (Å²) in [5.74, 6) is -1.32. The fourth-order valence-corrected chi connectivity index (χ4v) is 1.05. The van der Waals surface area contributed by atoms with Crippen LogP contribution in [0.15, 0.2) is 0 Å². The van der Waals surface area contributed by atoms with Gasteiger partial charge in [-0.1, -0.05) is 0 Å². The summed E-state index contributed by atoms with van der Waals surface area (Å²) in [7, 11) is -2.78. The molecule has 0 aromatic heterocycles. The van der Waals surface area contributed by atoms with Gasteiger partial charge in [-0.25, -0.2) is 4.39 Å². The van der Waals surface area contributed by atoms with E-state index < -0.39 is 31.3 Å². The number of carbonyl (C=O) groups is 1. The Bertz CT molecular complexity index is 235. The summed E-state index contributed by atoms with van der Waals surface area (Å²) in [6.07, 6.45) is -3.07. The Morgan fingerprint density at radius 1 is 2.00 bits per heavy atom. The third kappa shape index (κ3) is 1.49. The van der Waals surface area contributed by atoms with Crippen molar-refractivity contribution in [3.63, 3.8) is 0 Å². The van der Waals surface area contributed by atoms with Crippen molar-refractivity contribution in [2.75, 3.05) is 13.6 Å². The van der Waals surface area contributed by atoms with Crippen molar-refractivity contribution in [1.29, 1.82) is 0 Å². The highest BCUT2D eigenvalue weighted by Crippen LogP contribution is 2.14. The van der Waals surface area contributed by atoms with Crippen LogP contribution in [0.1, 0.15) is 4.11 Å². The number of nitrogens with one attached hydrogen (secondary N) is 1. The van der Waals surface area contributed by atoms with Crippen LogP contribution in [-0.2, 0) is 9.53 Å². The molecular weight excluding hydrogens is 153 g/mol. The van der Waals surface area contributed by atoms with Gasteiger partial charge in [0.25, 0.3) is 0 Å². The Morgan fingerprint density at radius 3 is 3.27 bits per heavy atom. The highest BCUT2D eigenvalue weighted by molar-refractivity contribution is 5.75. The lowest BCUT2D eigenvalue weighted by atomic mass is 10.1. The molecule has 4 nitrogen and oxygen atoms in total. The maximum atomic E-state index is 13.0. The third-order valence-electron chi connectivity index (χ3n) is 1.62. The minimum absolute atomic E-state index is 0.211. The van der Waals surface area contributed by atoms with Crippen molar-refractivity contribution in [3.8, 4) is 0 Å². The number of halogens is 1. The first kappa shape index (κ1) is 5.05. The average molecular weight is 166 g/mol. The molecule has 64 valence electrons. The molecule has 11 heavy (non-hydrogen) atoms. The summed E-state index contributed by atoms with van der Waals surface area (Å²) in [5.41, 5.74) is 0. The molecule has 1 saturated heterocycles. The van der Waals surface area contributed by atoms with Crippen LogP contribution < -0.4 is 5.32 Å². The minimum atomic E-state index is -2.78. The number of alkyl halides is 1. The molecule has 5 heteroatoms. The second kappa shape index (κ2) is 3.15. The molecule has 3 atom stereocenters. The number of aliphatic carboxylic acids is 1. The summed E-state index contributed by atoms with van der Waals surface area (Å²) in [5, 5.41) is 10.9. The van der Waals surface area contributed by atoms with Crippen LogP contribution in [0.25, 0.3) is 0 Å². The zero-order valence-corrected chi connectivity index (χ0v) is 5.58. The molecule has 1 rings (SSSR count). The van der Waals surface area contributed by atoms with Gasteiger partial charge < -0.3 is 9.84 Å². The van der Waals surface area contributed by atoms with Crippen LogP contribution in [0.5, 0.6) is 0 Å². The van der Waals surface area contributed by atoms with E-state index in [1.54, 1.807) is 0 Å². The van der Waals surface area contributed by atoms with Crippen molar-refractivity contribution in [1.82, 2.24) is 5.32 Å². The summed E-state index contributed by atoms with van der Waals surface area (Å²) in [4.78, 5) is 10.6. The minimum Gasteiger partial charge on any atom is -0.480 e. The standard InChI is InChI=1S/C6H10FNO3/c1-11-5-3(7)2-8-4(5)6(9)10/h3-5,8H,2H2,1H3,(H,9,10)/t3-,4-,5+/m0/s1/i1D3. The lowest BCUT2D eigenvalue weighted by molar-refractivity contribution is -0.142. The van der Waals surface area contributed by atoms with Crippen molar-refractivity contribution in [2.45, 2.75) is 18.3 Å². The molecule has 1 fully saturated rings. The van der Waals surface area contributed by atoms with Gasteiger partial charge in [-0.05, 0) is 0 Å². The molecule has 1 heterocycles. The predicted molar refractivity (Wildman–Crippen MR) is 35.1 cm³/mol. The van der Waals surface area contributed by atoms with Gasteiger partial charge in [0.1, 0.15) is 18.3 Å². The maximum Gasteiger partial charge on any atom is 0.323 e. The summed E-state index contributed by atoms with van der Waals surface area (Å²) in [6.45, 7) is -0.211. The fourth-order valence-electron chi connectivity index (χ4n) is 1.05. The van der Waals surface area contributed by atoms with E-state index in [0.717, 1.165) is 0 Å². The van der Waals surface area contributed by atoms with Crippen LogP contribution in [-0.4, -0.2) is 43.0 Å². The summed E-state index contributed by atoms with van der Waals surface area (Å²) in [6, 6.07) is -1.30. The Hall–Kier alpha value is -0.680. The molecule has 0 unspecified atom stereocenters. The number of hydrogen-bond donors (Lipinski definition) is 2. The van der Waals surface area contributed by atoms with Crippen LogP contribution in [0.2, 0.25) is 0 Å². The molecule has 0 aromatic rings. The predicted octanol–water partition coefficient (Wildman–Crippen LogP) is -0.604. The van der Waals surface area contributed by atoms with Crippen molar-refractivity contribution >= 4 is 5.97 Å². The van der Waals surface area contributed by atoms with E-state index in [-0.39, 0.29) is 6.54 Å². The Morgan fingerprint density at radius 2 is 2.73 bits per heavy atom. The number of methoxy groups -OCH3 is 1. The van der Waals surface area contributed by atoms with Crippen LogP contribution in [0, 0.1) is 0 Å². The molecule has 0 aliphatic carbocycles. The molecule has 0 amide bonds. The number of carboxylic acids is 1. The molecule has 2 N–H and O–H groups in total. The van der Waals surface area contributed by atoms with Crippen molar-refractivity contribution in [3.05, 3.63) is 0 Å². The van der Waals surface area contributed by atoms with E-state index in [4.69, 9.17) is 9.22 Å². The van der Waals surface area contributed by atoms with Gasteiger partial charge in [0.2, 0.25) is 0 Å². The van der Waals surface area contributed by atoms with E-state index in [9.17, 15) is 9.18 Å². The largest absolute Gasteiger partial charge is 0.480 e. The van der Waals surface area contributed by atoms with Gasteiger partial charge in [0, 0.05) is 13.6 Å². The zero-order valence-electron chi connectivity index (χ0n) is 8.58. The summed E-state index contributed by atoms with van der Waals surface area (Å²) >= 11 is 0. The first-order valence-corrected chi connectivity index (χ1v) is 3.09. The quantitative estimate of drug-likeness (QED) is 0.575. The number of hydrogen-bond acceptors (Lipinski definition) is 3. The number of carboxylic acid groups (broad SMARTS) is 1. The van der Waals surface area contributed by atoms with Gasteiger partial charge in [0.05, 0.1) is 4.11 Å². The van der Waals surface area contributed by atoms with Gasteiger partial charge in [-0.3, -0.25) is 10.1 Å². The highest BCUT2D eigenvalue weighted by Gasteiger charge is 2.40. The van der Waals surface area contributed by atoms with Gasteiger partial charge >= 0.3 is 5.97 Å². The second-order valence-electron chi connectivity index (χ2n) is 2.32. The Kier molecular flexibility index (Phi) is 1.45. The number of rotatable bonds is 2. The number of ether oxygens (including phenoxy) is 1. The van der Waals surface area contributed by atoms with Gasteiger partial charge in [0.15, 0.2) is 0 Å². The van der Waals surface area contributed by atoms with Crippen LogP contribution >= 0.6 is 0 Å². The normalized spacial score (nSPS) is 42.6. The monoisotopic (exact) mass is 166 g/mol. The van der Waals surface area contributed by atoms with E-state index in [1.807, 2.05) is 0 Å². The second-order valence-corrected chi connectivity index (χ2v) is 2.32. The van der Waals surface area contributed by atoms with E-state index in [2.05, 4.69) is 10.1 Å². The topological polar surface area (TPSA) is 58.6 Å². The summed E-state index contributed by atoms with van der Waals surface area (Å²) < 4.78 is 37.6. The average Bonchev–Trinajstić information content (AvgIpc) is 2.29. The van der Waals surface area contributed by atoms with Gasteiger partial charge in [-0.2, -0.15) is 0 Å². The molecule has 1 aliphatic rings. The van der Waals surface area contributed by atoms with Gasteiger partial charge in [-0.15, -0.1) is 0 Å². The third-order valence-corrected chi connectivity index (χ3v) is 1.62.